The molecule has 3 heterocycles. The van der Waals surface area contributed by atoms with Crippen molar-refractivity contribution in [1.82, 2.24) is 0 Å². The molecule has 0 aliphatic carbocycles. The van der Waals surface area contributed by atoms with Crippen molar-refractivity contribution in [2.45, 2.75) is 26.6 Å². The van der Waals surface area contributed by atoms with Gasteiger partial charge in [-0.1, -0.05) is 30.7 Å². The van der Waals surface area contributed by atoms with Crippen molar-refractivity contribution in [3.8, 4) is 28.2 Å². The fourth-order valence-electron chi connectivity index (χ4n) is 3.84. The van der Waals surface area contributed by atoms with Crippen LogP contribution in [0.4, 0.5) is 0 Å². The first-order chi connectivity index (χ1) is 15.0. The highest BCUT2D eigenvalue weighted by Crippen LogP contribution is 2.43. The van der Waals surface area contributed by atoms with Crippen LogP contribution < -0.4 is 16.0 Å². The van der Waals surface area contributed by atoms with E-state index in [9.17, 15) is 9.59 Å². The van der Waals surface area contributed by atoms with Gasteiger partial charge >= 0.3 is 11.3 Å². The topological polar surface area (TPSA) is 78.9 Å². The van der Waals surface area contributed by atoms with Crippen LogP contribution in [0.1, 0.15) is 30.8 Å². The zero-order valence-corrected chi connectivity index (χ0v) is 17.1. The predicted octanol–water partition coefficient (Wildman–Crippen LogP) is 5.21. The predicted molar refractivity (Wildman–Crippen MR) is 116 cm³/mol. The third-order valence-electron chi connectivity index (χ3n) is 5.26. The van der Waals surface area contributed by atoms with Crippen molar-refractivity contribution in [2.75, 3.05) is 6.61 Å². The van der Waals surface area contributed by atoms with Gasteiger partial charge < -0.3 is 18.3 Å². The molecule has 156 valence electrons. The molecule has 6 nitrogen and oxygen atoms in total. The van der Waals surface area contributed by atoms with E-state index in [1.807, 2.05) is 50.2 Å². The molecular weight excluding hydrogens is 396 g/mol. The lowest BCUT2D eigenvalue weighted by Gasteiger charge is -2.27. The highest BCUT2D eigenvalue weighted by atomic mass is 16.7. The van der Waals surface area contributed by atoms with Gasteiger partial charge in [-0.15, -0.1) is 0 Å². The van der Waals surface area contributed by atoms with Gasteiger partial charge in [0.2, 0.25) is 6.29 Å². The number of hydrogen-bond donors (Lipinski definition) is 0. The standard InChI is InChI=1S/C25H20O6/c1-3-10-28-25-19-12-18(16-13-22(26)29-21-9-8-14(2)11-17(16)21)24(27)31-23(19)15-6-4-5-7-20(15)30-25/h4-9,11-13,25H,3,10H2,1-2H3. The van der Waals surface area contributed by atoms with E-state index in [4.69, 9.17) is 18.3 Å². The molecular formula is C25H20O6. The van der Waals surface area contributed by atoms with E-state index >= 15 is 0 Å². The second kappa shape index (κ2) is 7.56. The maximum absolute atomic E-state index is 13.1. The molecule has 0 saturated heterocycles. The molecule has 1 aliphatic rings. The van der Waals surface area contributed by atoms with Gasteiger partial charge in [0.15, 0.2) is 5.76 Å². The Balaban J connectivity index is 1.77. The molecule has 0 bridgehead atoms. The Kier molecular flexibility index (Phi) is 4.71. The van der Waals surface area contributed by atoms with E-state index in [0.717, 1.165) is 12.0 Å². The maximum Gasteiger partial charge on any atom is 0.344 e. The molecule has 0 fully saturated rings. The van der Waals surface area contributed by atoms with Crippen LogP contribution in [0.5, 0.6) is 5.75 Å². The molecule has 0 radical (unpaired) electrons. The third-order valence-corrected chi connectivity index (χ3v) is 5.26. The van der Waals surface area contributed by atoms with Crippen molar-refractivity contribution < 1.29 is 18.3 Å². The molecule has 0 spiro atoms. The minimum Gasteiger partial charge on any atom is -0.460 e. The van der Waals surface area contributed by atoms with E-state index in [-0.39, 0.29) is 5.56 Å². The third kappa shape index (κ3) is 3.35. The summed E-state index contributed by atoms with van der Waals surface area (Å²) in [6, 6.07) is 15.8. The summed E-state index contributed by atoms with van der Waals surface area (Å²) in [5, 5.41) is 0.662. The number of rotatable bonds is 4. The van der Waals surface area contributed by atoms with Crippen molar-refractivity contribution >= 4 is 11.0 Å². The number of hydrogen-bond acceptors (Lipinski definition) is 6. The number of ether oxygens (including phenoxy) is 2. The number of benzene rings is 2. The molecule has 1 aliphatic heterocycles. The van der Waals surface area contributed by atoms with E-state index in [2.05, 4.69) is 0 Å². The van der Waals surface area contributed by atoms with Crippen LogP contribution in [-0.2, 0) is 4.74 Å². The second-order valence-corrected chi connectivity index (χ2v) is 7.53. The Bertz CT molecular complexity index is 1410. The molecule has 2 aromatic carbocycles. The van der Waals surface area contributed by atoms with E-state index in [0.29, 0.717) is 45.8 Å². The van der Waals surface area contributed by atoms with E-state index in [1.54, 1.807) is 12.1 Å². The lowest BCUT2D eigenvalue weighted by Crippen LogP contribution is -2.20. The van der Waals surface area contributed by atoms with Crippen molar-refractivity contribution in [1.29, 1.82) is 0 Å². The minimum absolute atomic E-state index is 0.260. The lowest BCUT2D eigenvalue weighted by atomic mass is 9.97. The van der Waals surface area contributed by atoms with Crippen LogP contribution in [0.25, 0.3) is 33.4 Å². The van der Waals surface area contributed by atoms with Crippen LogP contribution in [-0.4, -0.2) is 6.61 Å². The fraction of sp³-hybridized carbons (Fsp3) is 0.200. The molecule has 0 saturated carbocycles. The summed E-state index contributed by atoms with van der Waals surface area (Å²) in [5.41, 5.74) is 2.32. The fourth-order valence-corrected chi connectivity index (χ4v) is 3.84. The number of fused-ring (bicyclic) bond motifs is 4. The molecule has 1 atom stereocenters. The average Bonchev–Trinajstić information content (AvgIpc) is 2.77. The first-order valence-electron chi connectivity index (χ1n) is 10.2. The normalized spacial score (nSPS) is 14.7. The molecule has 4 aromatic rings. The Hall–Kier alpha value is -3.64. The first-order valence-corrected chi connectivity index (χ1v) is 10.2. The first kappa shape index (κ1) is 19.3. The molecule has 6 heteroatoms. The monoisotopic (exact) mass is 416 g/mol. The summed E-state index contributed by atoms with van der Waals surface area (Å²) in [4.78, 5) is 25.3. The largest absolute Gasteiger partial charge is 0.460 e. The van der Waals surface area contributed by atoms with Gasteiger partial charge in [-0.05, 0) is 43.7 Å². The van der Waals surface area contributed by atoms with Gasteiger partial charge in [0, 0.05) is 17.0 Å². The van der Waals surface area contributed by atoms with Crippen LogP contribution in [0.3, 0.4) is 0 Å². The molecule has 2 aromatic heterocycles. The quantitative estimate of drug-likeness (QED) is 0.425. The van der Waals surface area contributed by atoms with Gasteiger partial charge in [-0.25, -0.2) is 9.59 Å². The van der Waals surface area contributed by atoms with Crippen LogP contribution >= 0.6 is 0 Å². The van der Waals surface area contributed by atoms with Gasteiger partial charge in [-0.3, -0.25) is 0 Å². The molecule has 1 unspecified atom stereocenters. The summed E-state index contributed by atoms with van der Waals surface area (Å²) in [6.45, 7) is 4.42. The Morgan fingerprint density at radius 1 is 0.935 bits per heavy atom. The Morgan fingerprint density at radius 2 is 1.77 bits per heavy atom. The minimum atomic E-state index is -0.721. The van der Waals surface area contributed by atoms with Crippen molar-refractivity contribution in [3.05, 3.63) is 86.6 Å². The SMILES string of the molecule is CCCOC1Oc2ccccc2-c2oc(=O)c(-c3cc(=O)oc4ccc(C)cc34)cc21. The lowest BCUT2D eigenvalue weighted by molar-refractivity contribution is -0.0859. The summed E-state index contributed by atoms with van der Waals surface area (Å²) < 4.78 is 23.1. The smallest absolute Gasteiger partial charge is 0.344 e. The van der Waals surface area contributed by atoms with E-state index < -0.39 is 17.5 Å². The summed E-state index contributed by atoms with van der Waals surface area (Å²) in [6.07, 6.45) is 0.0884. The Labute approximate surface area is 177 Å². The maximum atomic E-state index is 13.1. The summed E-state index contributed by atoms with van der Waals surface area (Å²) >= 11 is 0. The number of aryl methyl sites for hydroxylation is 1. The highest BCUT2D eigenvalue weighted by Gasteiger charge is 2.30. The average molecular weight is 416 g/mol. The van der Waals surface area contributed by atoms with Crippen molar-refractivity contribution in [2.24, 2.45) is 0 Å². The van der Waals surface area contributed by atoms with Crippen molar-refractivity contribution in [3.63, 3.8) is 0 Å². The second-order valence-electron chi connectivity index (χ2n) is 7.53. The summed E-state index contributed by atoms with van der Waals surface area (Å²) in [5.74, 6) is 1.01. The van der Waals surface area contributed by atoms with Crippen LogP contribution in [0.2, 0.25) is 0 Å². The Morgan fingerprint density at radius 3 is 2.61 bits per heavy atom. The van der Waals surface area contributed by atoms with Crippen LogP contribution in [0.15, 0.2) is 73.0 Å². The molecule has 5 rings (SSSR count). The molecule has 0 amide bonds. The molecule has 0 N–H and O–H groups in total. The summed E-state index contributed by atoms with van der Waals surface area (Å²) in [7, 11) is 0. The molecule has 31 heavy (non-hydrogen) atoms. The zero-order valence-electron chi connectivity index (χ0n) is 17.1. The van der Waals surface area contributed by atoms with Gasteiger partial charge in [0.25, 0.3) is 0 Å². The number of para-hydroxylation sites is 1. The van der Waals surface area contributed by atoms with Gasteiger partial charge in [-0.2, -0.15) is 0 Å². The highest BCUT2D eigenvalue weighted by molar-refractivity contribution is 5.93. The zero-order chi connectivity index (χ0) is 21.5. The van der Waals surface area contributed by atoms with Crippen LogP contribution in [0, 0.1) is 6.92 Å². The van der Waals surface area contributed by atoms with Gasteiger partial charge in [0.1, 0.15) is 11.3 Å². The van der Waals surface area contributed by atoms with E-state index in [1.165, 1.54) is 6.07 Å². The van der Waals surface area contributed by atoms with Gasteiger partial charge in [0.05, 0.1) is 23.3 Å².